The summed E-state index contributed by atoms with van der Waals surface area (Å²) in [6.45, 7) is -0.0189. The van der Waals surface area contributed by atoms with Crippen LogP contribution in [0.2, 0.25) is 0 Å². The first-order chi connectivity index (χ1) is 17.5. The number of nitrogens with zero attached hydrogens (tertiary/aromatic N) is 6. The van der Waals surface area contributed by atoms with Gasteiger partial charge in [0, 0.05) is 12.1 Å². The second-order valence-corrected chi connectivity index (χ2v) is 7.82. The van der Waals surface area contributed by atoms with Gasteiger partial charge in [0.1, 0.15) is 18.0 Å². The van der Waals surface area contributed by atoms with E-state index in [1.54, 1.807) is 43.5 Å². The first-order valence-electron chi connectivity index (χ1n) is 10.8. The number of anilines is 1. The van der Waals surface area contributed by atoms with Gasteiger partial charge in [-0.2, -0.15) is 10.1 Å². The zero-order valence-electron chi connectivity index (χ0n) is 19.9. The molecule has 1 saturated heterocycles. The second kappa shape index (κ2) is 9.17. The van der Waals surface area contributed by atoms with Crippen molar-refractivity contribution in [1.82, 2.24) is 15.1 Å². The molecule has 2 amide bonds. The van der Waals surface area contributed by atoms with Crippen molar-refractivity contribution in [2.24, 2.45) is 10.3 Å². The monoisotopic (exact) mass is 494 g/mol. The first kappa shape index (κ1) is 23.1. The fraction of sp³-hybridized carbons (Fsp3) is 0.304. The molecular formula is C23H22N6O7. The summed E-state index contributed by atoms with van der Waals surface area (Å²) in [5, 5.41) is 13.4. The third-order valence-electron chi connectivity index (χ3n) is 5.90. The molecule has 2 unspecified atom stereocenters. The molecule has 2 aliphatic heterocycles. The van der Waals surface area contributed by atoms with Gasteiger partial charge in [-0.15, -0.1) is 0 Å². The van der Waals surface area contributed by atoms with Crippen LogP contribution in [-0.2, 0) is 16.1 Å². The van der Waals surface area contributed by atoms with Gasteiger partial charge in [-0.25, -0.2) is 4.90 Å². The molecule has 0 N–H and O–H groups in total. The number of hydrogen-bond donors (Lipinski definition) is 0. The summed E-state index contributed by atoms with van der Waals surface area (Å²) in [7, 11) is 6.05. The number of benzene rings is 2. The van der Waals surface area contributed by atoms with Crippen LogP contribution in [-0.4, -0.2) is 67.5 Å². The Kier molecular flexibility index (Phi) is 5.88. The zero-order chi connectivity index (χ0) is 25.4. The number of aromatic nitrogens is 2. The Morgan fingerprint density at radius 1 is 0.889 bits per heavy atom. The molecule has 13 heteroatoms. The smallest absolute Gasteiger partial charge is 0.263 e. The van der Waals surface area contributed by atoms with Crippen molar-refractivity contribution in [3.63, 3.8) is 0 Å². The molecule has 2 atom stereocenters. The van der Waals surface area contributed by atoms with Crippen LogP contribution in [0.1, 0.15) is 5.89 Å². The SMILES string of the molecule is COc1ccc(-c2noc(CN3N=NC4C(=O)N(c5ccc(OC)c(OC)c5)C(=O)C43)n2)c(OC)c1. The Bertz CT molecular complexity index is 1360. The molecule has 0 radical (unpaired) electrons. The Labute approximate surface area is 205 Å². The van der Waals surface area contributed by atoms with E-state index in [-0.39, 0.29) is 18.3 Å². The maximum Gasteiger partial charge on any atom is 0.263 e. The van der Waals surface area contributed by atoms with Crippen LogP contribution < -0.4 is 23.8 Å². The number of rotatable bonds is 8. The normalized spacial score (nSPS) is 18.6. The highest BCUT2D eigenvalue weighted by atomic mass is 16.5. The molecule has 0 saturated carbocycles. The standard InChI is InChI=1S/C23H22N6O7/c1-32-13-6-7-14(16(10-13)34-3)21-24-18(36-26-21)11-28-20-19(25-27-28)22(30)29(23(20)31)12-5-8-15(33-2)17(9-12)35-4/h5-10,19-20H,11H2,1-4H3. The topological polar surface area (TPSA) is 141 Å². The lowest BCUT2D eigenvalue weighted by molar-refractivity contribution is -0.123. The highest BCUT2D eigenvalue weighted by Crippen LogP contribution is 2.37. The number of amides is 2. The van der Waals surface area contributed by atoms with Crippen LogP contribution in [0.5, 0.6) is 23.0 Å². The number of carbonyl (C=O) groups excluding carboxylic acids is 2. The highest BCUT2D eigenvalue weighted by Gasteiger charge is 2.55. The molecule has 0 spiro atoms. The Hall–Kier alpha value is -4.68. The molecule has 2 aromatic carbocycles. The quantitative estimate of drug-likeness (QED) is 0.428. The van der Waals surface area contributed by atoms with E-state index in [2.05, 4.69) is 20.5 Å². The van der Waals surface area contributed by atoms with Crippen LogP contribution in [0, 0.1) is 0 Å². The van der Waals surface area contributed by atoms with Crippen molar-refractivity contribution in [2.45, 2.75) is 18.6 Å². The molecule has 3 heterocycles. The summed E-state index contributed by atoms with van der Waals surface area (Å²) in [5.41, 5.74) is 0.944. The van der Waals surface area contributed by atoms with Gasteiger partial charge in [-0.1, -0.05) is 10.4 Å². The lowest BCUT2D eigenvalue weighted by Gasteiger charge is -2.20. The molecule has 0 aliphatic carbocycles. The average molecular weight is 494 g/mol. The number of methoxy groups -OCH3 is 4. The fourth-order valence-electron chi connectivity index (χ4n) is 4.12. The summed E-state index contributed by atoms with van der Waals surface area (Å²) in [5.74, 6) is 1.50. The van der Waals surface area contributed by atoms with Crippen molar-refractivity contribution < 1.29 is 33.1 Å². The second-order valence-electron chi connectivity index (χ2n) is 7.82. The van der Waals surface area contributed by atoms with Gasteiger partial charge in [-0.3, -0.25) is 14.6 Å². The van der Waals surface area contributed by atoms with Crippen LogP contribution in [0.3, 0.4) is 0 Å². The van der Waals surface area contributed by atoms with E-state index in [4.69, 9.17) is 23.5 Å². The molecule has 5 rings (SSSR count). The minimum absolute atomic E-state index is 0.0189. The molecule has 13 nitrogen and oxygen atoms in total. The summed E-state index contributed by atoms with van der Waals surface area (Å²) in [6, 6.07) is 8.07. The summed E-state index contributed by atoms with van der Waals surface area (Å²) in [6.07, 6.45) is 0. The Morgan fingerprint density at radius 3 is 2.39 bits per heavy atom. The minimum Gasteiger partial charge on any atom is -0.497 e. The lowest BCUT2D eigenvalue weighted by Crippen LogP contribution is -2.39. The molecular weight excluding hydrogens is 472 g/mol. The van der Waals surface area contributed by atoms with E-state index in [0.717, 1.165) is 4.90 Å². The van der Waals surface area contributed by atoms with Gasteiger partial charge in [0.15, 0.2) is 23.6 Å². The summed E-state index contributed by atoms with van der Waals surface area (Å²) < 4.78 is 26.5. The number of fused-ring (bicyclic) bond motifs is 1. The Morgan fingerprint density at radius 2 is 1.67 bits per heavy atom. The molecule has 1 aromatic heterocycles. The van der Waals surface area contributed by atoms with E-state index < -0.39 is 23.9 Å². The van der Waals surface area contributed by atoms with Crippen molar-refractivity contribution in [3.8, 4) is 34.4 Å². The van der Waals surface area contributed by atoms with Gasteiger partial charge in [-0.05, 0) is 24.3 Å². The van der Waals surface area contributed by atoms with Crippen LogP contribution in [0.4, 0.5) is 5.69 Å². The number of hydrogen-bond acceptors (Lipinski definition) is 12. The van der Waals surface area contributed by atoms with Gasteiger partial charge in [0.2, 0.25) is 11.7 Å². The largest absolute Gasteiger partial charge is 0.497 e. The third-order valence-corrected chi connectivity index (χ3v) is 5.90. The van der Waals surface area contributed by atoms with E-state index >= 15 is 0 Å². The molecule has 36 heavy (non-hydrogen) atoms. The molecule has 0 bridgehead atoms. The van der Waals surface area contributed by atoms with Crippen LogP contribution in [0.25, 0.3) is 11.4 Å². The molecule has 186 valence electrons. The summed E-state index contributed by atoms with van der Waals surface area (Å²) >= 11 is 0. The lowest BCUT2D eigenvalue weighted by atomic mass is 10.1. The van der Waals surface area contributed by atoms with Crippen molar-refractivity contribution >= 4 is 17.5 Å². The highest BCUT2D eigenvalue weighted by molar-refractivity contribution is 6.25. The molecule has 3 aromatic rings. The maximum atomic E-state index is 13.3. The van der Waals surface area contributed by atoms with Crippen LogP contribution in [0.15, 0.2) is 51.3 Å². The Balaban J connectivity index is 1.36. The number of carbonyl (C=O) groups is 2. The maximum absolute atomic E-state index is 13.3. The van der Waals surface area contributed by atoms with E-state index in [1.165, 1.54) is 26.3 Å². The minimum atomic E-state index is -0.977. The number of ether oxygens (including phenoxy) is 4. The average Bonchev–Trinajstić information content (AvgIpc) is 3.61. The van der Waals surface area contributed by atoms with Crippen molar-refractivity contribution in [2.75, 3.05) is 33.3 Å². The predicted octanol–water partition coefficient (Wildman–Crippen LogP) is 2.26. The van der Waals surface area contributed by atoms with Gasteiger partial charge < -0.3 is 23.5 Å². The van der Waals surface area contributed by atoms with Crippen LogP contribution >= 0.6 is 0 Å². The molecule has 2 aliphatic rings. The number of imide groups is 1. The van der Waals surface area contributed by atoms with Gasteiger partial charge >= 0.3 is 0 Å². The van der Waals surface area contributed by atoms with E-state index in [9.17, 15) is 9.59 Å². The van der Waals surface area contributed by atoms with E-state index in [1.807, 2.05) is 0 Å². The zero-order valence-corrected chi connectivity index (χ0v) is 19.9. The fourth-order valence-corrected chi connectivity index (χ4v) is 4.12. The summed E-state index contributed by atoms with van der Waals surface area (Å²) in [4.78, 5) is 31.8. The van der Waals surface area contributed by atoms with Gasteiger partial charge in [0.05, 0.1) is 39.7 Å². The van der Waals surface area contributed by atoms with Gasteiger partial charge in [0.25, 0.3) is 11.8 Å². The predicted molar refractivity (Wildman–Crippen MR) is 123 cm³/mol. The molecule has 1 fully saturated rings. The third kappa shape index (κ3) is 3.74. The van der Waals surface area contributed by atoms with Crippen molar-refractivity contribution in [1.29, 1.82) is 0 Å². The van der Waals surface area contributed by atoms with E-state index in [0.29, 0.717) is 34.2 Å². The van der Waals surface area contributed by atoms with Crippen molar-refractivity contribution in [3.05, 3.63) is 42.3 Å². The first-order valence-corrected chi connectivity index (χ1v) is 10.8.